The van der Waals surface area contributed by atoms with Crippen LogP contribution < -0.4 is 0 Å². The van der Waals surface area contributed by atoms with Crippen LogP contribution >= 0.6 is 58.0 Å². The summed E-state index contributed by atoms with van der Waals surface area (Å²) in [7, 11) is 0. The third kappa shape index (κ3) is 4.23. The van der Waals surface area contributed by atoms with Crippen molar-refractivity contribution in [1.29, 1.82) is 0 Å². The minimum Gasteiger partial charge on any atom is -0.374 e. The number of rotatable bonds is 7. The summed E-state index contributed by atoms with van der Waals surface area (Å²) in [6.45, 7) is 1.45. The molecule has 0 atom stereocenters. The van der Waals surface area contributed by atoms with Crippen LogP contribution in [0.3, 0.4) is 0 Å². The highest BCUT2D eigenvalue weighted by atomic mass is 35.5. The molecular formula is C17H13Cl5N2O2. The Morgan fingerprint density at radius 2 is 1.46 bits per heavy atom. The van der Waals surface area contributed by atoms with Crippen LogP contribution in [0, 0.1) is 0 Å². The lowest BCUT2D eigenvalue weighted by Gasteiger charge is -2.10. The van der Waals surface area contributed by atoms with Crippen LogP contribution in [0.4, 0.5) is 0 Å². The Hall–Kier alpha value is -0.720. The van der Waals surface area contributed by atoms with Gasteiger partial charge in [-0.25, -0.2) is 4.98 Å². The van der Waals surface area contributed by atoms with Crippen molar-refractivity contribution in [3.8, 4) is 0 Å². The van der Waals surface area contributed by atoms with Crippen molar-refractivity contribution in [2.75, 3.05) is 13.2 Å². The van der Waals surface area contributed by atoms with Gasteiger partial charge in [-0.15, -0.1) is 0 Å². The molecule has 1 aromatic heterocycles. The second kappa shape index (κ2) is 8.98. The Balaban J connectivity index is 1.62. The average molecular weight is 455 g/mol. The van der Waals surface area contributed by atoms with Gasteiger partial charge in [-0.05, 0) is 17.2 Å². The monoisotopic (exact) mass is 452 g/mol. The van der Waals surface area contributed by atoms with Gasteiger partial charge in [0.25, 0.3) is 0 Å². The van der Waals surface area contributed by atoms with Gasteiger partial charge in [0.2, 0.25) is 5.28 Å². The van der Waals surface area contributed by atoms with E-state index in [1.54, 1.807) is 4.57 Å². The van der Waals surface area contributed by atoms with Crippen molar-refractivity contribution in [3.63, 3.8) is 0 Å². The fraction of sp³-hybridized carbons (Fsp3) is 0.235. The molecule has 0 N–H and O–H groups in total. The zero-order valence-corrected chi connectivity index (χ0v) is 17.1. The van der Waals surface area contributed by atoms with Gasteiger partial charge < -0.3 is 9.47 Å². The number of imidazole rings is 1. The molecule has 138 valence electrons. The first-order valence-corrected chi connectivity index (χ1v) is 9.46. The van der Waals surface area contributed by atoms with E-state index < -0.39 is 0 Å². The third-order valence-electron chi connectivity index (χ3n) is 3.62. The number of ether oxygens (including phenoxy) is 2. The number of fused-ring (bicyclic) bond motifs is 1. The first-order chi connectivity index (χ1) is 12.5. The molecule has 0 bridgehead atoms. The van der Waals surface area contributed by atoms with Gasteiger partial charge in [-0.3, -0.25) is 4.57 Å². The predicted octanol–water partition coefficient (Wildman–Crippen LogP) is 6.49. The Labute approximate surface area is 175 Å². The minimum absolute atomic E-state index is 0.123. The molecule has 0 unspecified atom stereocenters. The Morgan fingerprint density at radius 1 is 0.808 bits per heavy atom. The lowest BCUT2D eigenvalue weighted by atomic mass is 10.2. The minimum atomic E-state index is 0.123. The van der Waals surface area contributed by atoms with E-state index in [0.29, 0.717) is 30.9 Å². The van der Waals surface area contributed by atoms with Crippen LogP contribution in [-0.4, -0.2) is 22.8 Å². The Morgan fingerprint density at radius 3 is 2.19 bits per heavy atom. The molecule has 3 rings (SSSR count). The molecule has 0 aliphatic carbocycles. The van der Waals surface area contributed by atoms with Gasteiger partial charge in [-0.2, -0.15) is 0 Å². The van der Waals surface area contributed by atoms with Gasteiger partial charge in [0.15, 0.2) is 0 Å². The lowest BCUT2D eigenvalue weighted by molar-refractivity contribution is 0.0149. The summed E-state index contributed by atoms with van der Waals surface area (Å²) >= 11 is 30.8. The molecule has 0 fully saturated rings. The first kappa shape index (κ1) is 20.0. The third-order valence-corrected chi connectivity index (χ3v) is 5.69. The Bertz CT molecular complexity index is 915. The molecular weight excluding hydrogens is 441 g/mol. The van der Waals surface area contributed by atoms with E-state index in [2.05, 4.69) is 4.98 Å². The smallest absolute Gasteiger partial charge is 0.205 e. The van der Waals surface area contributed by atoms with Gasteiger partial charge >= 0.3 is 0 Å². The van der Waals surface area contributed by atoms with E-state index in [-0.39, 0.29) is 32.1 Å². The zero-order chi connectivity index (χ0) is 18.7. The second-order valence-electron chi connectivity index (χ2n) is 5.34. The summed E-state index contributed by atoms with van der Waals surface area (Å²) in [5.74, 6) is 0. The molecule has 2 aromatic carbocycles. The predicted molar refractivity (Wildman–Crippen MR) is 107 cm³/mol. The van der Waals surface area contributed by atoms with Crippen LogP contribution in [0.5, 0.6) is 0 Å². The van der Waals surface area contributed by atoms with Crippen LogP contribution in [-0.2, 0) is 22.8 Å². The highest BCUT2D eigenvalue weighted by molar-refractivity contribution is 6.55. The highest BCUT2D eigenvalue weighted by Crippen LogP contribution is 2.43. The van der Waals surface area contributed by atoms with E-state index in [1.807, 2.05) is 30.3 Å². The summed E-state index contributed by atoms with van der Waals surface area (Å²) < 4.78 is 12.7. The SMILES string of the molecule is Clc1c(Cl)c(Cl)c2c(nc(Cl)n2COCCOCc2ccccc2)c1Cl. The number of aromatic nitrogens is 2. The fourth-order valence-electron chi connectivity index (χ4n) is 2.36. The van der Waals surface area contributed by atoms with Crippen LogP contribution in [0.15, 0.2) is 30.3 Å². The van der Waals surface area contributed by atoms with Crippen molar-refractivity contribution in [3.05, 3.63) is 61.3 Å². The first-order valence-electron chi connectivity index (χ1n) is 7.57. The maximum Gasteiger partial charge on any atom is 0.205 e. The lowest BCUT2D eigenvalue weighted by Crippen LogP contribution is -2.08. The molecule has 26 heavy (non-hydrogen) atoms. The Kier molecular flexibility index (Phi) is 6.92. The molecule has 1 heterocycles. The molecule has 3 aromatic rings. The van der Waals surface area contributed by atoms with Gasteiger partial charge in [0.1, 0.15) is 12.2 Å². The fourth-order valence-corrected chi connectivity index (χ4v) is 3.55. The molecule has 4 nitrogen and oxygen atoms in total. The molecule has 9 heteroatoms. The molecule has 0 radical (unpaired) electrons. The quantitative estimate of drug-likeness (QED) is 0.232. The van der Waals surface area contributed by atoms with E-state index >= 15 is 0 Å². The van der Waals surface area contributed by atoms with Crippen molar-refractivity contribution in [2.24, 2.45) is 0 Å². The maximum absolute atomic E-state index is 6.28. The van der Waals surface area contributed by atoms with E-state index in [1.165, 1.54) is 0 Å². The summed E-state index contributed by atoms with van der Waals surface area (Å²) in [6, 6.07) is 9.89. The van der Waals surface area contributed by atoms with Crippen LogP contribution in [0.1, 0.15) is 5.56 Å². The van der Waals surface area contributed by atoms with Crippen LogP contribution in [0.2, 0.25) is 25.4 Å². The van der Waals surface area contributed by atoms with Crippen molar-refractivity contribution in [1.82, 2.24) is 9.55 Å². The molecule has 0 aliphatic rings. The number of benzene rings is 2. The van der Waals surface area contributed by atoms with Gasteiger partial charge in [-0.1, -0.05) is 76.7 Å². The summed E-state index contributed by atoms with van der Waals surface area (Å²) in [6.07, 6.45) is 0. The van der Waals surface area contributed by atoms with Gasteiger partial charge in [0.05, 0.1) is 45.4 Å². The number of hydrogen-bond donors (Lipinski definition) is 0. The second-order valence-corrected chi connectivity index (χ2v) is 7.19. The number of nitrogens with zero attached hydrogens (tertiary/aromatic N) is 2. The van der Waals surface area contributed by atoms with Gasteiger partial charge in [0, 0.05) is 0 Å². The summed E-state index contributed by atoms with van der Waals surface area (Å²) in [4.78, 5) is 4.19. The molecule has 0 saturated carbocycles. The average Bonchev–Trinajstić information content (AvgIpc) is 2.98. The molecule has 0 saturated heterocycles. The topological polar surface area (TPSA) is 36.3 Å². The van der Waals surface area contributed by atoms with Crippen LogP contribution in [0.25, 0.3) is 11.0 Å². The summed E-state index contributed by atoms with van der Waals surface area (Å²) in [5.41, 5.74) is 1.95. The molecule has 0 spiro atoms. The largest absolute Gasteiger partial charge is 0.374 e. The summed E-state index contributed by atoms with van der Waals surface area (Å²) in [5, 5.41) is 0.881. The normalized spacial score (nSPS) is 11.4. The highest BCUT2D eigenvalue weighted by Gasteiger charge is 2.21. The van der Waals surface area contributed by atoms with E-state index in [0.717, 1.165) is 5.56 Å². The number of halogens is 5. The van der Waals surface area contributed by atoms with E-state index in [4.69, 9.17) is 67.5 Å². The standard InChI is InChI=1S/C17H13Cl5N2O2/c18-11-12(19)14(21)16-15(13(11)20)23-17(22)24(16)9-26-7-6-25-8-10-4-2-1-3-5-10/h1-5H,6-9H2. The molecule has 0 amide bonds. The van der Waals surface area contributed by atoms with E-state index in [9.17, 15) is 0 Å². The van der Waals surface area contributed by atoms with Crippen molar-refractivity contribution >= 4 is 69.0 Å². The maximum atomic E-state index is 6.28. The van der Waals surface area contributed by atoms with Crippen molar-refractivity contribution in [2.45, 2.75) is 13.3 Å². The van der Waals surface area contributed by atoms with Crippen molar-refractivity contribution < 1.29 is 9.47 Å². The number of hydrogen-bond acceptors (Lipinski definition) is 3. The molecule has 0 aliphatic heterocycles. The zero-order valence-electron chi connectivity index (χ0n) is 13.3.